The van der Waals surface area contributed by atoms with E-state index in [-0.39, 0.29) is 24.5 Å². The molecule has 1 unspecified atom stereocenters. The molecule has 0 bridgehead atoms. The van der Waals surface area contributed by atoms with Crippen LogP contribution in [-0.4, -0.2) is 40.9 Å². The number of nitrogens with zero attached hydrogens (tertiary/aromatic N) is 1. The largest absolute Gasteiger partial charge is 0.466 e. The van der Waals surface area contributed by atoms with Crippen LogP contribution >= 0.6 is 0 Å². The first-order valence-electron chi connectivity index (χ1n) is 12.4. The van der Waals surface area contributed by atoms with Crippen molar-refractivity contribution in [3.63, 3.8) is 0 Å². The fraction of sp³-hybridized carbons (Fsp3) is 0.321. The third-order valence-electron chi connectivity index (χ3n) is 6.09. The van der Waals surface area contributed by atoms with Gasteiger partial charge in [0.1, 0.15) is 5.56 Å². The molecular weight excluding hydrogens is 529 g/mol. The van der Waals surface area contributed by atoms with E-state index in [1.807, 2.05) is 0 Å². The standard InChI is InChI=1S/C28H29F3N4O5/c1-5-40-26(39)16(2)14-33-25(38)22-32-15-21(23(36)34-22)24(37)35-27(3,4)19-10-6-17(7-11-19)18-8-12-20(13-9-18)28(29,30)31/h6-13,15-16H,5,14H2,1-4H3,(H,33,38)(H,35,37)(H,32,34,36). The van der Waals surface area contributed by atoms with E-state index in [2.05, 4.69) is 20.6 Å². The van der Waals surface area contributed by atoms with Crippen molar-refractivity contribution in [3.8, 4) is 11.1 Å². The van der Waals surface area contributed by atoms with E-state index in [9.17, 15) is 32.3 Å². The summed E-state index contributed by atoms with van der Waals surface area (Å²) >= 11 is 0. The number of nitrogens with one attached hydrogen (secondary N) is 3. The highest BCUT2D eigenvalue weighted by molar-refractivity contribution is 5.95. The van der Waals surface area contributed by atoms with Crippen molar-refractivity contribution in [3.05, 3.63) is 87.6 Å². The Kier molecular flexibility index (Phi) is 9.13. The summed E-state index contributed by atoms with van der Waals surface area (Å²) in [5.74, 6) is -2.86. The van der Waals surface area contributed by atoms with Crippen LogP contribution in [0.3, 0.4) is 0 Å². The first-order chi connectivity index (χ1) is 18.7. The zero-order chi connectivity index (χ0) is 29.7. The van der Waals surface area contributed by atoms with E-state index in [0.717, 1.165) is 18.3 Å². The van der Waals surface area contributed by atoms with Crippen LogP contribution < -0.4 is 16.2 Å². The number of carbonyl (C=O) groups is 3. The van der Waals surface area contributed by atoms with Crippen LogP contribution in [0.1, 0.15) is 59.8 Å². The minimum Gasteiger partial charge on any atom is -0.466 e. The molecule has 3 N–H and O–H groups in total. The molecule has 0 saturated heterocycles. The lowest BCUT2D eigenvalue weighted by Crippen LogP contribution is -2.43. The molecule has 1 heterocycles. The molecule has 2 aromatic carbocycles. The van der Waals surface area contributed by atoms with E-state index < -0.39 is 46.5 Å². The average molecular weight is 559 g/mol. The van der Waals surface area contributed by atoms with E-state index >= 15 is 0 Å². The first-order valence-corrected chi connectivity index (χ1v) is 12.4. The summed E-state index contributed by atoms with van der Waals surface area (Å²) in [6.45, 7) is 6.85. The number of alkyl halides is 3. The number of ether oxygens (including phenoxy) is 1. The smallest absolute Gasteiger partial charge is 0.416 e. The molecule has 40 heavy (non-hydrogen) atoms. The highest BCUT2D eigenvalue weighted by atomic mass is 19.4. The molecule has 12 heteroatoms. The molecule has 0 radical (unpaired) electrons. The number of rotatable bonds is 9. The molecule has 3 aromatic rings. The van der Waals surface area contributed by atoms with Gasteiger partial charge in [-0.2, -0.15) is 13.2 Å². The number of amides is 2. The van der Waals surface area contributed by atoms with Crippen LogP contribution in [0.5, 0.6) is 0 Å². The number of esters is 1. The Morgan fingerprint density at radius 2 is 1.50 bits per heavy atom. The molecule has 0 aliphatic heterocycles. The second kappa shape index (κ2) is 12.1. The quantitative estimate of drug-likeness (QED) is 0.340. The van der Waals surface area contributed by atoms with Gasteiger partial charge in [0, 0.05) is 12.7 Å². The third-order valence-corrected chi connectivity index (χ3v) is 6.09. The van der Waals surface area contributed by atoms with Crippen molar-refractivity contribution in [2.24, 2.45) is 5.92 Å². The molecule has 1 atom stereocenters. The lowest BCUT2D eigenvalue weighted by Gasteiger charge is -2.27. The summed E-state index contributed by atoms with van der Waals surface area (Å²) in [5, 5.41) is 5.23. The topological polar surface area (TPSA) is 130 Å². The monoisotopic (exact) mass is 558 g/mol. The van der Waals surface area contributed by atoms with Crippen LogP contribution in [0.4, 0.5) is 13.2 Å². The molecule has 0 aliphatic rings. The van der Waals surface area contributed by atoms with Crippen LogP contribution in [0, 0.1) is 5.92 Å². The van der Waals surface area contributed by atoms with Gasteiger partial charge in [-0.15, -0.1) is 0 Å². The Bertz CT molecular complexity index is 1430. The highest BCUT2D eigenvalue weighted by Crippen LogP contribution is 2.31. The van der Waals surface area contributed by atoms with Crippen molar-refractivity contribution in [2.45, 2.75) is 39.4 Å². The number of aromatic nitrogens is 2. The van der Waals surface area contributed by atoms with E-state index in [1.165, 1.54) is 12.1 Å². The molecule has 2 amide bonds. The molecule has 0 saturated carbocycles. The number of halogens is 3. The number of H-pyrrole nitrogens is 1. The number of carbonyl (C=O) groups excluding carboxylic acids is 3. The summed E-state index contributed by atoms with van der Waals surface area (Å²) in [7, 11) is 0. The lowest BCUT2D eigenvalue weighted by molar-refractivity contribution is -0.147. The summed E-state index contributed by atoms with van der Waals surface area (Å²) in [4.78, 5) is 55.6. The summed E-state index contributed by atoms with van der Waals surface area (Å²) < 4.78 is 43.3. The molecule has 0 fully saturated rings. The van der Waals surface area contributed by atoms with E-state index in [4.69, 9.17) is 4.74 Å². The third kappa shape index (κ3) is 7.33. The number of hydrogen-bond acceptors (Lipinski definition) is 6. The van der Waals surface area contributed by atoms with Crippen LogP contribution in [-0.2, 0) is 21.2 Å². The van der Waals surface area contributed by atoms with Crippen molar-refractivity contribution in [1.82, 2.24) is 20.6 Å². The Morgan fingerprint density at radius 3 is 2.00 bits per heavy atom. The van der Waals surface area contributed by atoms with Crippen LogP contribution in [0.25, 0.3) is 11.1 Å². The number of aromatic amines is 1. The van der Waals surface area contributed by atoms with E-state index in [0.29, 0.717) is 16.7 Å². The average Bonchev–Trinajstić information content (AvgIpc) is 2.91. The Balaban J connectivity index is 1.67. The maximum atomic E-state index is 12.9. The van der Waals surface area contributed by atoms with Gasteiger partial charge in [-0.05, 0) is 49.6 Å². The van der Waals surface area contributed by atoms with Gasteiger partial charge >= 0.3 is 12.1 Å². The Labute approximate surface area is 228 Å². The van der Waals surface area contributed by atoms with Crippen molar-refractivity contribution in [2.75, 3.05) is 13.2 Å². The van der Waals surface area contributed by atoms with Gasteiger partial charge in [0.15, 0.2) is 5.82 Å². The van der Waals surface area contributed by atoms with Crippen LogP contribution in [0.2, 0.25) is 0 Å². The lowest BCUT2D eigenvalue weighted by atomic mass is 9.92. The van der Waals surface area contributed by atoms with Gasteiger partial charge in [0.25, 0.3) is 17.4 Å². The minimum atomic E-state index is -4.42. The molecule has 212 valence electrons. The van der Waals surface area contributed by atoms with Gasteiger partial charge in [0.2, 0.25) is 0 Å². The summed E-state index contributed by atoms with van der Waals surface area (Å²) in [6.07, 6.45) is -3.43. The fourth-order valence-electron chi connectivity index (χ4n) is 3.72. The zero-order valence-corrected chi connectivity index (χ0v) is 22.3. The number of benzene rings is 2. The van der Waals surface area contributed by atoms with Crippen molar-refractivity contribution in [1.29, 1.82) is 0 Å². The summed E-state index contributed by atoms with van der Waals surface area (Å²) in [5.41, 5.74) is -0.868. The predicted octanol–water partition coefficient (Wildman–Crippen LogP) is 4.05. The SMILES string of the molecule is CCOC(=O)C(C)CNC(=O)c1ncc(C(=O)NC(C)(C)c2ccc(-c3ccc(C(F)(F)F)cc3)cc2)c(=O)[nH]1. The Morgan fingerprint density at radius 1 is 0.950 bits per heavy atom. The van der Waals surface area contributed by atoms with Gasteiger partial charge in [-0.3, -0.25) is 19.2 Å². The highest BCUT2D eigenvalue weighted by Gasteiger charge is 2.30. The first kappa shape index (κ1) is 30.1. The van der Waals surface area contributed by atoms with Gasteiger partial charge in [0.05, 0.1) is 23.6 Å². The van der Waals surface area contributed by atoms with E-state index in [1.54, 1.807) is 52.0 Å². The molecular formula is C28H29F3N4O5. The molecule has 1 aromatic heterocycles. The second-order valence-electron chi connectivity index (χ2n) is 9.57. The number of hydrogen-bond donors (Lipinski definition) is 3. The normalized spacial score (nSPS) is 12.4. The second-order valence-corrected chi connectivity index (χ2v) is 9.57. The van der Waals surface area contributed by atoms with Crippen molar-refractivity contribution < 1.29 is 32.3 Å². The fourth-order valence-corrected chi connectivity index (χ4v) is 3.72. The Hall–Kier alpha value is -4.48. The maximum absolute atomic E-state index is 12.9. The molecule has 0 spiro atoms. The van der Waals surface area contributed by atoms with Gasteiger partial charge < -0.3 is 20.4 Å². The predicted molar refractivity (Wildman–Crippen MR) is 140 cm³/mol. The van der Waals surface area contributed by atoms with Gasteiger partial charge in [-0.25, -0.2) is 4.98 Å². The van der Waals surface area contributed by atoms with Gasteiger partial charge in [-0.1, -0.05) is 43.3 Å². The molecule has 0 aliphatic carbocycles. The zero-order valence-electron chi connectivity index (χ0n) is 22.3. The molecule has 3 rings (SSSR count). The minimum absolute atomic E-state index is 0.0323. The maximum Gasteiger partial charge on any atom is 0.416 e. The van der Waals surface area contributed by atoms with Crippen molar-refractivity contribution >= 4 is 17.8 Å². The molecule has 9 nitrogen and oxygen atoms in total. The summed E-state index contributed by atoms with van der Waals surface area (Å²) in [6, 6.07) is 11.7. The van der Waals surface area contributed by atoms with Crippen LogP contribution in [0.15, 0.2) is 59.5 Å².